The van der Waals surface area contributed by atoms with Gasteiger partial charge in [-0.25, -0.2) is 0 Å². The summed E-state index contributed by atoms with van der Waals surface area (Å²) in [6.45, 7) is 5.78. The zero-order chi connectivity index (χ0) is 10.3. The minimum absolute atomic E-state index is 0.169. The van der Waals surface area contributed by atoms with Crippen molar-refractivity contribution in [3.8, 4) is 11.5 Å². The fourth-order valence-corrected chi connectivity index (χ4v) is 1.43. The molecule has 1 aliphatic heterocycles. The van der Waals surface area contributed by atoms with Gasteiger partial charge in [0.1, 0.15) is 0 Å². The molecule has 0 bridgehead atoms. The van der Waals surface area contributed by atoms with Crippen molar-refractivity contribution in [2.45, 2.75) is 26.6 Å². The van der Waals surface area contributed by atoms with Crippen LogP contribution >= 0.6 is 0 Å². The van der Waals surface area contributed by atoms with Gasteiger partial charge in [-0.1, -0.05) is 0 Å². The minimum Gasteiger partial charge on any atom is -0.483 e. The van der Waals surface area contributed by atoms with Gasteiger partial charge in [0.15, 0.2) is 18.1 Å². The van der Waals surface area contributed by atoms with Crippen molar-refractivity contribution >= 4 is 0 Å². The van der Waals surface area contributed by atoms with Gasteiger partial charge in [0.2, 0.25) is 5.79 Å². The van der Waals surface area contributed by atoms with E-state index in [0.29, 0.717) is 11.5 Å². The van der Waals surface area contributed by atoms with Crippen LogP contribution in [0.2, 0.25) is 0 Å². The second kappa shape index (κ2) is 2.89. The topological polar surface area (TPSA) is 38.7 Å². The Morgan fingerprint density at radius 1 is 1.21 bits per heavy atom. The summed E-state index contributed by atoms with van der Waals surface area (Å²) in [5, 5.41) is 9.63. The zero-order valence-electron chi connectivity index (χ0n) is 8.63. The molecule has 0 fully saturated rings. The molecule has 0 spiro atoms. The number of ether oxygens (including phenoxy) is 2. The van der Waals surface area contributed by atoms with E-state index in [9.17, 15) is 5.11 Å². The van der Waals surface area contributed by atoms with Gasteiger partial charge in [0, 0.05) is 6.92 Å². The van der Waals surface area contributed by atoms with E-state index < -0.39 is 5.79 Å². The van der Waals surface area contributed by atoms with Crippen molar-refractivity contribution in [3.63, 3.8) is 0 Å². The van der Waals surface area contributed by atoms with Crippen molar-refractivity contribution < 1.29 is 14.6 Å². The lowest BCUT2D eigenvalue weighted by atomic mass is 10.1. The van der Waals surface area contributed by atoms with Gasteiger partial charge in [-0.05, 0) is 37.1 Å². The third kappa shape index (κ3) is 1.55. The highest BCUT2D eigenvalue weighted by molar-refractivity contribution is 5.47. The van der Waals surface area contributed by atoms with E-state index in [-0.39, 0.29) is 6.61 Å². The molecule has 2 rings (SSSR count). The van der Waals surface area contributed by atoms with Crippen LogP contribution in [0.1, 0.15) is 18.1 Å². The Morgan fingerprint density at radius 2 is 1.79 bits per heavy atom. The van der Waals surface area contributed by atoms with E-state index in [1.807, 2.05) is 26.0 Å². The Kier molecular flexibility index (Phi) is 1.93. The molecule has 1 aliphatic rings. The second-order valence-electron chi connectivity index (χ2n) is 3.95. The summed E-state index contributed by atoms with van der Waals surface area (Å²) in [6, 6.07) is 3.82. The summed E-state index contributed by atoms with van der Waals surface area (Å²) in [5.41, 5.74) is 2.29. The molecule has 0 amide bonds. The van der Waals surface area contributed by atoms with Crippen LogP contribution in [0, 0.1) is 13.8 Å². The summed E-state index contributed by atoms with van der Waals surface area (Å²) < 4.78 is 10.8. The lowest BCUT2D eigenvalue weighted by Gasteiger charge is -2.31. The van der Waals surface area contributed by atoms with Gasteiger partial charge in [-0.15, -0.1) is 0 Å². The average molecular weight is 194 g/mol. The highest BCUT2D eigenvalue weighted by Crippen LogP contribution is 2.36. The summed E-state index contributed by atoms with van der Waals surface area (Å²) in [4.78, 5) is 0. The molecule has 1 heterocycles. The lowest BCUT2D eigenvalue weighted by molar-refractivity contribution is -0.159. The van der Waals surface area contributed by atoms with Crippen molar-refractivity contribution in [2.24, 2.45) is 0 Å². The first-order chi connectivity index (χ1) is 6.48. The summed E-state index contributed by atoms with van der Waals surface area (Å²) >= 11 is 0. The van der Waals surface area contributed by atoms with Crippen LogP contribution in [-0.2, 0) is 0 Å². The van der Waals surface area contributed by atoms with Gasteiger partial charge in [0.05, 0.1) is 0 Å². The monoisotopic (exact) mass is 194 g/mol. The first kappa shape index (κ1) is 9.34. The van der Waals surface area contributed by atoms with E-state index >= 15 is 0 Å². The predicted molar refractivity (Wildman–Crippen MR) is 52.7 cm³/mol. The van der Waals surface area contributed by atoms with Crippen molar-refractivity contribution in [1.82, 2.24) is 0 Å². The number of aryl methyl sites for hydroxylation is 2. The number of benzene rings is 1. The molecule has 0 aliphatic carbocycles. The maximum absolute atomic E-state index is 9.63. The molecule has 0 saturated heterocycles. The van der Waals surface area contributed by atoms with Crippen LogP contribution in [0.4, 0.5) is 0 Å². The highest BCUT2D eigenvalue weighted by atomic mass is 16.7. The number of fused-ring (bicyclic) bond motifs is 1. The molecule has 1 N–H and O–H groups in total. The molecular formula is C11H14O3. The third-order valence-electron chi connectivity index (χ3n) is 2.39. The second-order valence-corrected chi connectivity index (χ2v) is 3.95. The fourth-order valence-electron chi connectivity index (χ4n) is 1.43. The quantitative estimate of drug-likeness (QED) is 0.684. The Hall–Kier alpha value is -1.22. The van der Waals surface area contributed by atoms with Gasteiger partial charge >= 0.3 is 0 Å². The summed E-state index contributed by atoms with van der Waals surface area (Å²) in [6.07, 6.45) is 0. The predicted octanol–water partition coefficient (Wildman–Crippen LogP) is 1.78. The van der Waals surface area contributed by atoms with E-state index in [4.69, 9.17) is 9.47 Å². The van der Waals surface area contributed by atoms with Crippen LogP contribution in [0.15, 0.2) is 12.1 Å². The first-order valence-electron chi connectivity index (χ1n) is 4.63. The van der Waals surface area contributed by atoms with E-state index in [0.717, 1.165) is 11.1 Å². The van der Waals surface area contributed by atoms with Crippen LogP contribution in [0.3, 0.4) is 0 Å². The van der Waals surface area contributed by atoms with Gasteiger partial charge in [0.25, 0.3) is 0 Å². The Labute approximate surface area is 83.3 Å². The van der Waals surface area contributed by atoms with Gasteiger partial charge in [-0.3, -0.25) is 0 Å². The average Bonchev–Trinajstić information content (AvgIpc) is 2.07. The van der Waals surface area contributed by atoms with E-state index in [1.165, 1.54) is 0 Å². The summed E-state index contributed by atoms with van der Waals surface area (Å²) in [5.74, 6) is 0.110. The SMILES string of the molecule is Cc1cc2c(cc1C)OC(C)(O)CO2. The van der Waals surface area contributed by atoms with Gasteiger partial charge < -0.3 is 14.6 Å². The Morgan fingerprint density at radius 3 is 2.43 bits per heavy atom. The minimum atomic E-state index is -1.21. The number of hydrogen-bond acceptors (Lipinski definition) is 3. The lowest BCUT2D eigenvalue weighted by Crippen LogP contribution is -2.41. The Balaban J connectivity index is 2.43. The highest BCUT2D eigenvalue weighted by Gasteiger charge is 2.30. The number of hydrogen-bond donors (Lipinski definition) is 1. The normalized spacial score (nSPS) is 24.9. The van der Waals surface area contributed by atoms with E-state index in [1.54, 1.807) is 6.92 Å². The number of rotatable bonds is 0. The smallest absolute Gasteiger partial charge is 0.239 e. The molecule has 1 aromatic rings. The van der Waals surface area contributed by atoms with Crippen LogP contribution < -0.4 is 9.47 Å². The van der Waals surface area contributed by atoms with E-state index in [2.05, 4.69) is 0 Å². The molecule has 3 nitrogen and oxygen atoms in total. The molecule has 0 radical (unpaired) electrons. The Bertz CT molecular complexity index is 369. The largest absolute Gasteiger partial charge is 0.483 e. The molecule has 0 aromatic heterocycles. The van der Waals surface area contributed by atoms with Crippen LogP contribution in [0.25, 0.3) is 0 Å². The molecule has 0 saturated carbocycles. The van der Waals surface area contributed by atoms with Gasteiger partial charge in [-0.2, -0.15) is 0 Å². The standard InChI is InChI=1S/C11H14O3/c1-7-4-9-10(5-8(7)2)14-11(3,12)6-13-9/h4-5,12H,6H2,1-3H3. The zero-order valence-corrected chi connectivity index (χ0v) is 8.63. The molecule has 1 aromatic carbocycles. The third-order valence-corrected chi connectivity index (χ3v) is 2.39. The van der Waals surface area contributed by atoms with Crippen molar-refractivity contribution in [3.05, 3.63) is 23.3 Å². The fraction of sp³-hybridized carbons (Fsp3) is 0.455. The van der Waals surface area contributed by atoms with Crippen molar-refractivity contribution in [2.75, 3.05) is 6.61 Å². The molecule has 14 heavy (non-hydrogen) atoms. The number of aliphatic hydroxyl groups is 1. The molecule has 1 atom stereocenters. The maximum Gasteiger partial charge on any atom is 0.239 e. The molecule has 1 unspecified atom stereocenters. The maximum atomic E-state index is 9.63. The molecule has 3 heteroatoms. The molecular weight excluding hydrogens is 180 g/mol. The van der Waals surface area contributed by atoms with Crippen LogP contribution in [-0.4, -0.2) is 17.5 Å². The molecule has 76 valence electrons. The summed E-state index contributed by atoms with van der Waals surface area (Å²) in [7, 11) is 0. The first-order valence-corrected chi connectivity index (χ1v) is 4.63. The van der Waals surface area contributed by atoms with Crippen LogP contribution in [0.5, 0.6) is 11.5 Å². The van der Waals surface area contributed by atoms with Crippen molar-refractivity contribution in [1.29, 1.82) is 0 Å².